The molecule has 220 valence electrons. The maximum Gasteiger partial charge on any atom is 0.416 e. The van der Waals surface area contributed by atoms with E-state index in [9.17, 15) is 31.2 Å². The third-order valence-corrected chi connectivity index (χ3v) is 8.65. The van der Waals surface area contributed by atoms with Crippen LogP contribution in [0.2, 0.25) is 10.0 Å². The van der Waals surface area contributed by atoms with E-state index in [4.69, 9.17) is 23.2 Å². The average Bonchev–Trinajstić information content (AvgIpc) is 2.94. The summed E-state index contributed by atoms with van der Waals surface area (Å²) in [6.45, 7) is 2.63. The van der Waals surface area contributed by atoms with E-state index < -0.39 is 46.2 Å². The highest BCUT2D eigenvalue weighted by molar-refractivity contribution is 7.92. The molecule has 41 heavy (non-hydrogen) atoms. The van der Waals surface area contributed by atoms with Crippen molar-refractivity contribution < 1.29 is 31.2 Å². The predicted molar refractivity (Wildman–Crippen MR) is 152 cm³/mol. The number of alkyl halides is 3. The molecule has 0 heterocycles. The number of anilines is 1. The Morgan fingerprint density at radius 3 is 2.24 bits per heavy atom. The highest BCUT2D eigenvalue weighted by Crippen LogP contribution is 2.33. The lowest BCUT2D eigenvalue weighted by molar-refractivity contribution is -0.139. The number of amides is 2. The number of carbonyl (C=O) groups excluding carboxylic acids is 2. The number of rotatable bonds is 11. The van der Waals surface area contributed by atoms with Crippen LogP contribution in [0, 0.1) is 0 Å². The van der Waals surface area contributed by atoms with Crippen molar-refractivity contribution in [2.24, 2.45) is 0 Å². The minimum Gasteiger partial charge on any atom is -0.354 e. The van der Waals surface area contributed by atoms with Crippen molar-refractivity contribution in [3.8, 4) is 0 Å². The molecule has 0 aliphatic carbocycles. The van der Waals surface area contributed by atoms with E-state index in [1.165, 1.54) is 49.4 Å². The van der Waals surface area contributed by atoms with Crippen LogP contribution in [-0.2, 0) is 32.3 Å². The van der Waals surface area contributed by atoms with Gasteiger partial charge < -0.3 is 10.2 Å². The molecule has 0 bridgehead atoms. The second-order valence-corrected chi connectivity index (χ2v) is 11.8. The lowest BCUT2D eigenvalue weighted by Gasteiger charge is -2.32. The summed E-state index contributed by atoms with van der Waals surface area (Å²) < 4.78 is 68.6. The number of sulfonamides is 1. The van der Waals surface area contributed by atoms with E-state index in [2.05, 4.69) is 5.32 Å². The molecule has 3 rings (SSSR count). The SMILES string of the molecule is CCCNC(=O)[C@H](C)N(Cc1ccc(Cl)c(Cl)c1)C(=O)CN(c1cccc(C(F)(F)F)c1)S(=O)(=O)c1ccccc1. The van der Waals surface area contributed by atoms with Crippen molar-refractivity contribution in [2.45, 2.75) is 43.9 Å². The van der Waals surface area contributed by atoms with Crippen molar-refractivity contribution in [1.82, 2.24) is 10.2 Å². The molecular formula is C28H28Cl2F3N3O4S. The molecule has 1 N–H and O–H groups in total. The van der Waals surface area contributed by atoms with E-state index in [1.54, 1.807) is 12.1 Å². The van der Waals surface area contributed by atoms with Crippen LogP contribution in [0.25, 0.3) is 0 Å². The van der Waals surface area contributed by atoms with Crippen LogP contribution in [0.3, 0.4) is 0 Å². The summed E-state index contributed by atoms with van der Waals surface area (Å²) in [7, 11) is -4.51. The molecule has 0 aromatic heterocycles. The fourth-order valence-electron chi connectivity index (χ4n) is 3.90. The topological polar surface area (TPSA) is 86.8 Å². The van der Waals surface area contributed by atoms with Crippen LogP contribution in [0.15, 0.2) is 77.7 Å². The fourth-order valence-corrected chi connectivity index (χ4v) is 5.65. The number of nitrogens with one attached hydrogen (secondary N) is 1. The van der Waals surface area contributed by atoms with E-state index in [0.29, 0.717) is 28.9 Å². The smallest absolute Gasteiger partial charge is 0.354 e. The van der Waals surface area contributed by atoms with Gasteiger partial charge in [0.2, 0.25) is 11.8 Å². The Labute approximate surface area is 246 Å². The molecule has 7 nitrogen and oxygen atoms in total. The number of hydrogen-bond donors (Lipinski definition) is 1. The van der Waals surface area contributed by atoms with Crippen molar-refractivity contribution in [3.05, 3.63) is 94.0 Å². The second-order valence-electron chi connectivity index (χ2n) is 9.11. The Hall–Kier alpha value is -3.28. The lowest BCUT2D eigenvalue weighted by atomic mass is 10.1. The molecule has 3 aromatic carbocycles. The zero-order chi connectivity index (χ0) is 30.4. The maximum atomic E-state index is 13.8. The molecule has 0 aliphatic rings. The van der Waals surface area contributed by atoms with Gasteiger partial charge >= 0.3 is 6.18 Å². The van der Waals surface area contributed by atoms with Gasteiger partial charge in [-0.25, -0.2) is 8.42 Å². The molecule has 0 fully saturated rings. The maximum absolute atomic E-state index is 13.8. The summed E-state index contributed by atoms with van der Waals surface area (Å²) >= 11 is 12.1. The standard InChI is InChI=1S/C28H28Cl2F3N3O4S/c1-3-14-34-27(38)19(2)35(17-20-12-13-24(29)25(30)15-20)26(37)18-36(41(39,40)23-10-5-4-6-11-23)22-9-7-8-21(16-22)28(31,32)33/h4-13,15-16,19H,3,14,17-18H2,1-2H3,(H,34,38)/t19-/m0/s1. The van der Waals surface area contributed by atoms with Crippen LogP contribution >= 0.6 is 23.2 Å². The molecule has 0 spiro atoms. The number of benzene rings is 3. The quantitative estimate of drug-likeness (QED) is 0.276. The predicted octanol–water partition coefficient (Wildman–Crippen LogP) is 6.15. The van der Waals surface area contributed by atoms with E-state index in [0.717, 1.165) is 17.0 Å². The molecule has 13 heteroatoms. The Morgan fingerprint density at radius 2 is 1.63 bits per heavy atom. The zero-order valence-electron chi connectivity index (χ0n) is 22.2. The van der Waals surface area contributed by atoms with Gasteiger partial charge in [-0.3, -0.25) is 13.9 Å². The van der Waals surface area contributed by atoms with E-state index in [-0.39, 0.29) is 27.2 Å². The third-order valence-electron chi connectivity index (χ3n) is 6.12. The summed E-state index contributed by atoms with van der Waals surface area (Å²) in [6.07, 6.45) is -4.12. The largest absolute Gasteiger partial charge is 0.416 e. The fraction of sp³-hybridized carbons (Fsp3) is 0.286. The number of hydrogen-bond acceptors (Lipinski definition) is 4. The minimum atomic E-state index is -4.76. The van der Waals surface area contributed by atoms with Gasteiger partial charge in [0, 0.05) is 13.1 Å². The summed E-state index contributed by atoms with van der Waals surface area (Å²) in [5.41, 5.74) is -0.954. The first-order chi connectivity index (χ1) is 19.3. The molecule has 0 radical (unpaired) electrons. The molecule has 3 aromatic rings. The summed E-state index contributed by atoms with van der Waals surface area (Å²) in [5.74, 6) is -1.32. The monoisotopic (exact) mass is 629 g/mol. The first-order valence-corrected chi connectivity index (χ1v) is 14.7. The van der Waals surface area contributed by atoms with Crippen molar-refractivity contribution in [1.29, 1.82) is 0 Å². The van der Waals surface area contributed by atoms with Crippen LogP contribution in [-0.4, -0.2) is 44.3 Å². The highest BCUT2D eigenvalue weighted by Gasteiger charge is 2.35. The average molecular weight is 631 g/mol. The molecule has 0 unspecified atom stereocenters. The molecule has 0 saturated carbocycles. The Kier molecular flexibility index (Phi) is 10.7. The van der Waals surface area contributed by atoms with Gasteiger partial charge in [0.1, 0.15) is 12.6 Å². The molecule has 0 saturated heterocycles. The summed E-state index contributed by atoms with van der Waals surface area (Å²) in [6, 6.07) is 14.3. The zero-order valence-corrected chi connectivity index (χ0v) is 24.5. The molecule has 2 amide bonds. The van der Waals surface area contributed by atoms with Gasteiger partial charge in [-0.1, -0.05) is 60.5 Å². The normalized spacial score (nSPS) is 12.5. The molecule has 1 atom stereocenters. The van der Waals surface area contributed by atoms with Gasteiger partial charge in [0.25, 0.3) is 10.0 Å². The minimum absolute atomic E-state index is 0.155. The van der Waals surface area contributed by atoms with Gasteiger partial charge in [-0.15, -0.1) is 0 Å². The lowest BCUT2D eigenvalue weighted by Crippen LogP contribution is -2.51. The first-order valence-electron chi connectivity index (χ1n) is 12.5. The van der Waals surface area contributed by atoms with Crippen molar-refractivity contribution >= 4 is 50.7 Å². The van der Waals surface area contributed by atoms with Crippen LogP contribution in [0.5, 0.6) is 0 Å². The van der Waals surface area contributed by atoms with Gasteiger partial charge in [-0.05, 0) is 61.4 Å². The third kappa shape index (κ3) is 8.15. The van der Waals surface area contributed by atoms with Gasteiger partial charge in [0.15, 0.2) is 0 Å². The van der Waals surface area contributed by atoms with Crippen LogP contribution in [0.4, 0.5) is 18.9 Å². The Morgan fingerprint density at radius 1 is 0.951 bits per heavy atom. The highest BCUT2D eigenvalue weighted by atomic mass is 35.5. The number of carbonyl (C=O) groups is 2. The van der Waals surface area contributed by atoms with Gasteiger partial charge in [-0.2, -0.15) is 13.2 Å². The Bertz CT molecular complexity index is 1490. The Balaban J connectivity index is 2.08. The van der Waals surface area contributed by atoms with Crippen molar-refractivity contribution in [2.75, 3.05) is 17.4 Å². The summed E-state index contributed by atoms with van der Waals surface area (Å²) in [5, 5.41) is 3.18. The summed E-state index contributed by atoms with van der Waals surface area (Å²) in [4.78, 5) is 27.6. The number of halogens is 5. The van der Waals surface area contributed by atoms with Crippen LogP contribution in [0.1, 0.15) is 31.4 Å². The second kappa shape index (κ2) is 13.6. The molecule has 0 aliphatic heterocycles. The van der Waals surface area contributed by atoms with Crippen molar-refractivity contribution in [3.63, 3.8) is 0 Å². The van der Waals surface area contributed by atoms with Gasteiger partial charge in [0.05, 0.1) is 26.2 Å². The van der Waals surface area contributed by atoms with Crippen LogP contribution < -0.4 is 9.62 Å². The van der Waals surface area contributed by atoms with E-state index in [1.807, 2.05) is 6.92 Å². The first kappa shape index (κ1) is 32.2. The number of nitrogens with zero attached hydrogens (tertiary/aromatic N) is 2. The molecular weight excluding hydrogens is 602 g/mol. The van der Waals surface area contributed by atoms with E-state index >= 15 is 0 Å².